The van der Waals surface area contributed by atoms with Crippen molar-refractivity contribution in [2.75, 3.05) is 13.7 Å². The summed E-state index contributed by atoms with van der Waals surface area (Å²) in [5, 5.41) is 9.94. The Balaban J connectivity index is 1.65. The van der Waals surface area contributed by atoms with E-state index in [1.165, 1.54) is 0 Å². The fourth-order valence-electron chi connectivity index (χ4n) is 4.45. The maximum atomic E-state index is 12.1. The fraction of sp³-hybridized carbons (Fsp3) is 0.304. The van der Waals surface area contributed by atoms with Crippen LogP contribution in [0.4, 0.5) is 0 Å². The Labute approximate surface area is 168 Å². The molecule has 0 amide bonds. The number of rotatable bonds is 5. The molecule has 1 aromatic carbocycles. The number of H-pyrrole nitrogens is 1. The molecule has 0 atom stereocenters. The van der Waals surface area contributed by atoms with Gasteiger partial charge in [-0.3, -0.25) is 4.98 Å². The third-order valence-corrected chi connectivity index (χ3v) is 6.38. The first-order chi connectivity index (χ1) is 14.1. The highest BCUT2D eigenvalue weighted by Crippen LogP contribution is 2.51. The zero-order valence-corrected chi connectivity index (χ0v) is 16.3. The summed E-state index contributed by atoms with van der Waals surface area (Å²) in [6.07, 6.45) is 5.26. The van der Waals surface area contributed by atoms with Gasteiger partial charge in [-0.2, -0.15) is 0 Å². The van der Waals surface area contributed by atoms with Crippen LogP contribution in [0, 0.1) is 0 Å². The third kappa shape index (κ3) is 2.75. The smallest absolute Gasteiger partial charge is 0.337 e. The number of pyridine rings is 1. The summed E-state index contributed by atoms with van der Waals surface area (Å²) in [6.45, 7) is 0.465. The number of aromatic carboxylic acids is 1. The molecule has 6 heteroatoms. The lowest BCUT2D eigenvalue weighted by atomic mass is 9.87. The number of hydrogen-bond acceptors (Lipinski definition) is 4. The molecule has 5 rings (SSSR count). The molecule has 1 fully saturated rings. The van der Waals surface area contributed by atoms with E-state index in [0.29, 0.717) is 18.5 Å². The maximum absolute atomic E-state index is 12.1. The Morgan fingerprint density at radius 2 is 2.03 bits per heavy atom. The van der Waals surface area contributed by atoms with Gasteiger partial charge in [-0.05, 0) is 67.1 Å². The van der Waals surface area contributed by atoms with Crippen LogP contribution in [0.25, 0.3) is 22.5 Å². The number of nitrogens with two attached hydrogens (primary N) is 1. The number of benzene rings is 1. The van der Waals surface area contributed by atoms with Crippen molar-refractivity contribution in [1.82, 2.24) is 9.97 Å². The molecule has 0 radical (unpaired) electrons. The number of ether oxygens (including phenoxy) is 1. The first-order valence-electron chi connectivity index (χ1n) is 9.89. The average molecular weight is 389 g/mol. The number of nitrogens with one attached hydrogen (secondary N) is 1. The van der Waals surface area contributed by atoms with Gasteiger partial charge in [0, 0.05) is 35.0 Å². The molecule has 0 saturated heterocycles. The molecule has 0 unspecified atom stereocenters. The Hall–Kier alpha value is -3.12. The standard InChI is InChI=1S/C23H23N3O3/c1-29-15-5-2-13(3-6-15)18-10-17-14(11-25-18)4-7-16-19(22(27)28)21(26-20(16)17)23(12-24)8-9-23/h2-3,5-6,10-11,26H,4,7-9,12,24H2,1H3,(H,27,28). The van der Waals surface area contributed by atoms with Gasteiger partial charge in [-0.25, -0.2) is 4.79 Å². The molecule has 2 aliphatic rings. The third-order valence-electron chi connectivity index (χ3n) is 6.38. The van der Waals surface area contributed by atoms with Gasteiger partial charge in [0.05, 0.1) is 24.1 Å². The van der Waals surface area contributed by atoms with Crippen LogP contribution in [0.5, 0.6) is 5.75 Å². The van der Waals surface area contributed by atoms with Gasteiger partial charge < -0.3 is 20.6 Å². The number of carboxylic acids is 1. The fourth-order valence-corrected chi connectivity index (χ4v) is 4.45. The van der Waals surface area contributed by atoms with Crippen LogP contribution in [-0.4, -0.2) is 34.7 Å². The van der Waals surface area contributed by atoms with E-state index >= 15 is 0 Å². The number of fused-ring (bicyclic) bond motifs is 3. The number of aromatic nitrogens is 2. The minimum atomic E-state index is -0.870. The number of nitrogens with zero attached hydrogens (tertiary/aromatic N) is 1. The molecule has 0 aliphatic heterocycles. The summed E-state index contributed by atoms with van der Waals surface area (Å²) in [7, 11) is 1.64. The maximum Gasteiger partial charge on any atom is 0.337 e. The van der Waals surface area contributed by atoms with E-state index in [0.717, 1.165) is 64.3 Å². The van der Waals surface area contributed by atoms with Crippen LogP contribution < -0.4 is 10.5 Å². The summed E-state index contributed by atoms with van der Waals surface area (Å²) >= 11 is 0. The molecule has 2 aliphatic carbocycles. The van der Waals surface area contributed by atoms with E-state index in [1.807, 2.05) is 30.5 Å². The van der Waals surface area contributed by atoms with Crippen molar-refractivity contribution in [2.45, 2.75) is 31.1 Å². The quantitative estimate of drug-likeness (QED) is 0.620. The molecule has 2 heterocycles. The zero-order chi connectivity index (χ0) is 20.2. The van der Waals surface area contributed by atoms with Crippen molar-refractivity contribution in [3.05, 3.63) is 58.9 Å². The highest BCUT2D eigenvalue weighted by Gasteiger charge is 2.48. The molecule has 4 N–H and O–H groups in total. The molecule has 0 bridgehead atoms. The summed E-state index contributed by atoms with van der Waals surface area (Å²) < 4.78 is 5.24. The summed E-state index contributed by atoms with van der Waals surface area (Å²) in [6, 6.07) is 9.84. The average Bonchev–Trinajstić information content (AvgIpc) is 3.45. The minimum absolute atomic E-state index is 0.211. The number of carbonyl (C=O) groups is 1. The number of aryl methyl sites for hydroxylation is 1. The second-order valence-electron chi connectivity index (χ2n) is 7.97. The molecule has 6 nitrogen and oxygen atoms in total. The van der Waals surface area contributed by atoms with Crippen LogP contribution in [0.3, 0.4) is 0 Å². The molecule has 0 spiro atoms. The van der Waals surface area contributed by atoms with E-state index in [2.05, 4.69) is 16.0 Å². The zero-order valence-electron chi connectivity index (χ0n) is 16.3. The van der Waals surface area contributed by atoms with Gasteiger partial charge in [-0.1, -0.05) is 0 Å². The predicted molar refractivity (Wildman–Crippen MR) is 110 cm³/mol. The highest BCUT2D eigenvalue weighted by molar-refractivity contribution is 5.95. The number of methoxy groups -OCH3 is 1. The van der Waals surface area contributed by atoms with Crippen molar-refractivity contribution >= 4 is 5.97 Å². The van der Waals surface area contributed by atoms with Gasteiger partial charge in [0.25, 0.3) is 0 Å². The molecule has 29 heavy (non-hydrogen) atoms. The van der Waals surface area contributed by atoms with E-state index in [9.17, 15) is 9.90 Å². The number of aromatic amines is 1. The monoisotopic (exact) mass is 389 g/mol. The predicted octanol–water partition coefficient (Wildman–Crippen LogP) is 3.54. The second-order valence-corrected chi connectivity index (χ2v) is 7.97. The molecular formula is C23H23N3O3. The van der Waals surface area contributed by atoms with Gasteiger partial charge in [0.2, 0.25) is 0 Å². The van der Waals surface area contributed by atoms with Gasteiger partial charge in [-0.15, -0.1) is 0 Å². The first-order valence-corrected chi connectivity index (χ1v) is 9.89. The number of carboxylic acid groups (broad SMARTS) is 1. The Morgan fingerprint density at radius 1 is 1.28 bits per heavy atom. The van der Waals surface area contributed by atoms with Gasteiger partial charge >= 0.3 is 5.97 Å². The topological polar surface area (TPSA) is 101 Å². The summed E-state index contributed by atoms with van der Waals surface area (Å²) in [5.74, 6) is -0.0734. The van der Waals surface area contributed by atoms with Crippen molar-refractivity contribution in [1.29, 1.82) is 0 Å². The SMILES string of the molecule is COc1ccc(-c2cc3c(cn2)CCc2c-3[nH]c(C3(CN)CC3)c2C(=O)O)cc1. The Kier molecular flexibility index (Phi) is 3.99. The number of hydrogen-bond donors (Lipinski definition) is 3. The largest absolute Gasteiger partial charge is 0.497 e. The summed E-state index contributed by atoms with van der Waals surface area (Å²) in [4.78, 5) is 20.2. The molecular weight excluding hydrogens is 366 g/mol. The van der Waals surface area contributed by atoms with E-state index < -0.39 is 5.97 Å². The molecule has 1 saturated carbocycles. The molecule has 148 valence electrons. The van der Waals surface area contributed by atoms with Crippen molar-refractivity contribution in [3.8, 4) is 28.3 Å². The van der Waals surface area contributed by atoms with E-state index in [-0.39, 0.29) is 5.41 Å². The van der Waals surface area contributed by atoms with E-state index in [4.69, 9.17) is 10.5 Å². The van der Waals surface area contributed by atoms with Crippen molar-refractivity contribution in [2.24, 2.45) is 5.73 Å². The van der Waals surface area contributed by atoms with Crippen LogP contribution in [-0.2, 0) is 18.3 Å². The minimum Gasteiger partial charge on any atom is -0.497 e. The van der Waals surface area contributed by atoms with Crippen LogP contribution in [0.2, 0.25) is 0 Å². The second kappa shape index (κ2) is 6.46. The van der Waals surface area contributed by atoms with Gasteiger partial charge in [0.1, 0.15) is 5.75 Å². The van der Waals surface area contributed by atoms with Crippen LogP contribution >= 0.6 is 0 Å². The van der Waals surface area contributed by atoms with Crippen molar-refractivity contribution < 1.29 is 14.6 Å². The van der Waals surface area contributed by atoms with Crippen LogP contribution in [0.15, 0.2) is 36.5 Å². The highest BCUT2D eigenvalue weighted by atomic mass is 16.5. The van der Waals surface area contributed by atoms with E-state index in [1.54, 1.807) is 7.11 Å². The Bertz CT molecular complexity index is 1110. The molecule has 2 aromatic heterocycles. The first kappa shape index (κ1) is 17.9. The lowest BCUT2D eigenvalue weighted by Gasteiger charge is -2.17. The lowest BCUT2D eigenvalue weighted by molar-refractivity contribution is 0.0694. The Morgan fingerprint density at radius 3 is 2.66 bits per heavy atom. The van der Waals surface area contributed by atoms with Gasteiger partial charge in [0.15, 0.2) is 0 Å². The lowest BCUT2D eigenvalue weighted by Crippen LogP contribution is -2.23. The normalized spacial score (nSPS) is 16.1. The summed E-state index contributed by atoms with van der Waals surface area (Å²) in [5.41, 5.74) is 12.9. The van der Waals surface area contributed by atoms with Crippen LogP contribution in [0.1, 0.15) is 40.0 Å². The van der Waals surface area contributed by atoms with Crippen molar-refractivity contribution in [3.63, 3.8) is 0 Å². The molecule has 3 aromatic rings.